The Bertz CT molecular complexity index is 1180. The van der Waals surface area contributed by atoms with Crippen LogP contribution in [0.15, 0.2) is 72.1 Å². The molecule has 4 aromatic rings. The van der Waals surface area contributed by atoms with Crippen molar-refractivity contribution in [3.05, 3.63) is 77.7 Å². The number of carboxylic acids is 1. The summed E-state index contributed by atoms with van der Waals surface area (Å²) in [7, 11) is 0. The monoisotopic (exact) mass is 389 g/mol. The SMILES string of the molecule is O=C(O)c1cccc(-c2cccc(-c3csc(-c4cccc(O)c4O)n3)c2)c1. The molecule has 0 aliphatic carbocycles. The summed E-state index contributed by atoms with van der Waals surface area (Å²) < 4.78 is 0. The van der Waals surface area contributed by atoms with Crippen molar-refractivity contribution in [3.63, 3.8) is 0 Å². The van der Waals surface area contributed by atoms with Crippen LogP contribution in [0.25, 0.3) is 33.0 Å². The van der Waals surface area contributed by atoms with Gasteiger partial charge in [0.2, 0.25) is 0 Å². The molecule has 0 atom stereocenters. The largest absolute Gasteiger partial charge is 0.504 e. The third-order valence-electron chi connectivity index (χ3n) is 4.35. The summed E-state index contributed by atoms with van der Waals surface area (Å²) in [5.74, 6) is -1.34. The van der Waals surface area contributed by atoms with E-state index in [0.29, 0.717) is 10.6 Å². The molecule has 0 aliphatic heterocycles. The van der Waals surface area contributed by atoms with E-state index >= 15 is 0 Å². The average Bonchev–Trinajstić information content (AvgIpc) is 3.20. The number of aromatic carboxylic acids is 1. The van der Waals surface area contributed by atoms with E-state index < -0.39 is 5.97 Å². The van der Waals surface area contributed by atoms with Gasteiger partial charge >= 0.3 is 5.97 Å². The lowest BCUT2D eigenvalue weighted by Gasteiger charge is -2.05. The number of carboxylic acid groups (broad SMARTS) is 1. The summed E-state index contributed by atoms with van der Waals surface area (Å²) in [6.07, 6.45) is 0. The van der Waals surface area contributed by atoms with Gasteiger partial charge in [-0.15, -0.1) is 11.3 Å². The normalized spacial score (nSPS) is 10.7. The summed E-state index contributed by atoms with van der Waals surface area (Å²) >= 11 is 1.37. The molecule has 6 heteroatoms. The molecule has 0 amide bonds. The molecule has 28 heavy (non-hydrogen) atoms. The van der Waals surface area contributed by atoms with Gasteiger partial charge in [0, 0.05) is 10.9 Å². The molecule has 0 fully saturated rings. The van der Waals surface area contributed by atoms with Crippen molar-refractivity contribution in [1.29, 1.82) is 0 Å². The first kappa shape index (κ1) is 17.8. The van der Waals surface area contributed by atoms with Crippen LogP contribution in [0.3, 0.4) is 0 Å². The average molecular weight is 389 g/mol. The minimum atomic E-state index is -0.965. The smallest absolute Gasteiger partial charge is 0.335 e. The minimum Gasteiger partial charge on any atom is -0.504 e. The number of nitrogens with zero attached hydrogens (tertiary/aromatic N) is 1. The Labute approximate surface area is 164 Å². The fraction of sp³-hybridized carbons (Fsp3) is 0. The molecule has 1 aromatic heterocycles. The zero-order chi connectivity index (χ0) is 19.7. The molecule has 3 N–H and O–H groups in total. The number of rotatable bonds is 4. The maximum Gasteiger partial charge on any atom is 0.335 e. The predicted molar refractivity (Wildman–Crippen MR) is 109 cm³/mol. The van der Waals surface area contributed by atoms with E-state index in [0.717, 1.165) is 22.4 Å². The maximum atomic E-state index is 11.2. The van der Waals surface area contributed by atoms with Gasteiger partial charge in [0.15, 0.2) is 11.5 Å². The van der Waals surface area contributed by atoms with E-state index in [-0.39, 0.29) is 17.1 Å². The highest BCUT2D eigenvalue weighted by Crippen LogP contribution is 2.39. The molecule has 138 valence electrons. The van der Waals surface area contributed by atoms with Gasteiger partial charge in [-0.3, -0.25) is 0 Å². The zero-order valence-electron chi connectivity index (χ0n) is 14.5. The van der Waals surface area contributed by atoms with Crippen molar-refractivity contribution in [2.24, 2.45) is 0 Å². The van der Waals surface area contributed by atoms with E-state index in [2.05, 4.69) is 4.98 Å². The predicted octanol–water partition coefficient (Wildman–Crippen LogP) is 5.25. The van der Waals surface area contributed by atoms with Crippen molar-refractivity contribution < 1.29 is 20.1 Å². The quantitative estimate of drug-likeness (QED) is 0.415. The number of aromatic nitrogens is 1. The molecule has 1 heterocycles. The van der Waals surface area contributed by atoms with Gasteiger partial charge in [-0.05, 0) is 41.5 Å². The molecule has 0 spiro atoms. The number of benzene rings is 3. The fourth-order valence-corrected chi connectivity index (χ4v) is 3.78. The zero-order valence-corrected chi connectivity index (χ0v) is 15.4. The van der Waals surface area contributed by atoms with Crippen molar-refractivity contribution in [2.75, 3.05) is 0 Å². The molecule has 0 unspecified atom stereocenters. The number of para-hydroxylation sites is 1. The van der Waals surface area contributed by atoms with Crippen LogP contribution in [0.2, 0.25) is 0 Å². The molecule has 0 saturated heterocycles. The highest BCUT2D eigenvalue weighted by molar-refractivity contribution is 7.13. The second-order valence-corrected chi connectivity index (χ2v) is 7.04. The minimum absolute atomic E-state index is 0.186. The van der Waals surface area contributed by atoms with Crippen LogP contribution in [-0.4, -0.2) is 26.3 Å². The van der Waals surface area contributed by atoms with E-state index in [1.165, 1.54) is 17.4 Å². The van der Waals surface area contributed by atoms with Crippen molar-refractivity contribution in [1.82, 2.24) is 4.98 Å². The second-order valence-electron chi connectivity index (χ2n) is 6.18. The van der Waals surface area contributed by atoms with Crippen LogP contribution < -0.4 is 0 Å². The molecular formula is C22H15NO4S. The summed E-state index contributed by atoms with van der Waals surface area (Å²) in [4.78, 5) is 15.8. The van der Waals surface area contributed by atoms with E-state index in [9.17, 15) is 20.1 Å². The lowest BCUT2D eigenvalue weighted by Crippen LogP contribution is -1.95. The van der Waals surface area contributed by atoms with Gasteiger partial charge in [0.1, 0.15) is 5.01 Å². The lowest BCUT2D eigenvalue weighted by molar-refractivity contribution is 0.0697. The Hall–Kier alpha value is -3.64. The highest BCUT2D eigenvalue weighted by atomic mass is 32.1. The molecule has 3 aromatic carbocycles. The number of carbonyl (C=O) groups is 1. The second kappa shape index (κ2) is 7.17. The number of aromatic hydroxyl groups is 2. The Morgan fingerprint density at radius 1 is 0.857 bits per heavy atom. The third-order valence-corrected chi connectivity index (χ3v) is 5.23. The molecule has 5 nitrogen and oxygen atoms in total. The molecule has 0 saturated carbocycles. The van der Waals surface area contributed by atoms with Gasteiger partial charge < -0.3 is 15.3 Å². The summed E-state index contributed by atoms with van der Waals surface area (Å²) in [5, 5.41) is 31.4. The Kier molecular flexibility index (Phi) is 4.55. The Morgan fingerprint density at radius 3 is 2.32 bits per heavy atom. The number of thiazole rings is 1. The van der Waals surface area contributed by atoms with Gasteiger partial charge in [0.05, 0.1) is 16.8 Å². The fourth-order valence-electron chi connectivity index (χ4n) is 2.92. The first-order valence-electron chi connectivity index (χ1n) is 8.44. The van der Waals surface area contributed by atoms with Crippen LogP contribution in [0, 0.1) is 0 Å². The summed E-state index contributed by atoms with van der Waals surface area (Å²) in [6.45, 7) is 0. The van der Waals surface area contributed by atoms with E-state index in [1.807, 2.05) is 35.7 Å². The van der Waals surface area contributed by atoms with Crippen LogP contribution >= 0.6 is 11.3 Å². The van der Waals surface area contributed by atoms with E-state index in [4.69, 9.17) is 0 Å². The Morgan fingerprint density at radius 2 is 1.54 bits per heavy atom. The maximum absolute atomic E-state index is 11.2. The number of phenols is 2. The van der Waals surface area contributed by atoms with Crippen LogP contribution in [0.5, 0.6) is 11.5 Å². The van der Waals surface area contributed by atoms with Crippen LogP contribution in [0.1, 0.15) is 10.4 Å². The van der Waals surface area contributed by atoms with Crippen LogP contribution in [-0.2, 0) is 0 Å². The number of hydrogen-bond acceptors (Lipinski definition) is 5. The Balaban J connectivity index is 1.71. The molecule has 0 aliphatic rings. The number of hydrogen-bond donors (Lipinski definition) is 3. The van der Waals surface area contributed by atoms with Gasteiger partial charge in [0.25, 0.3) is 0 Å². The molecule has 4 rings (SSSR count). The van der Waals surface area contributed by atoms with Gasteiger partial charge in [-0.1, -0.05) is 36.4 Å². The van der Waals surface area contributed by atoms with Crippen LogP contribution in [0.4, 0.5) is 0 Å². The number of phenolic OH excluding ortho intramolecular Hbond substituents is 2. The van der Waals surface area contributed by atoms with Gasteiger partial charge in [-0.2, -0.15) is 0 Å². The molecule has 0 radical (unpaired) electrons. The van der Waals surface area contributed by atoms with Crippen molar-refractivity contribution in [3.8, 4) is 44.5 Å². The summed E-state index contributed by atoms with van der Waals surface area (Å²) in [5.41, 5.74) is 4.01. The first-order chi connectivity index (χ1) is 13.5. The standard InChI is InChI=1S/C22H15NO4S/c24-19-9-3-8-17(20(19)25)21-23-18(12-28-21)15-6-1-4-13(10-15)14-5-2-7-16(11-14)22(26)27/h1-12,24-25H,(H,26,27). The molecule has 0 bridgehead atoms. The highest BCUT2D eigenvalue weighted by Gasteiger charge is 2.13. The van der Waals surface area contributed by atoms with Crippen molar-refractivity contribution in [2.45, 2.75) is 0 Å². The van der Waals surface area contributed by atoms with E-state index in [1.54, 1.807) is 30.3 Å². The topological polar surface area (TPSA) is 90.7 Å². The van der Waals surface area contributed by atoms with Gasteiger partial charge in [-0.25, -0.2) is 9.78 Å². The van der Waals surface area contributed by atoms with Crippen molar-refractivity contribution >= 4 is 17.3 Å². The summed E-state index contributed by atoms with van der Waals surface area (Å²) in [6, 6.07) is 19.2. The molecular weight excluding hydrogens is 374 g/mol. The lowest BCUT2D eigenvalue weighted by atomic mass is 10.0. The third kappa shape index (κ3) is 3.33. The first-order valence-corrected chi connectivity index (χ1v) is 9.32.